The van der Waals surface area contributed by atoms with Crippen molar-refractivity contribution in [1.82, 2.24) is 4.90 Å². The van der Waals surface area contributed by atoms with E-state index in [0.717, 1.165) is 12.1 Å². The molecular weight excluding hydrogens is 513 g/mol. The highest BCUT2D eigenvalue weighted by atomic mass is 32.2. The van der Waals surface area contributed by atoms with Crippen LogP contribution in [0.3, 0.4) is 0 Å². The molecule has 0 bridgehead atoms. The molecule has 0 radical (unpaired) electrons. The molecule has 37 heavy (non-hydrogen) atoms. The van der Waals surface area contributed by atoms with Gasteiger partial charge >= 0.3 is 6.18 Å². The fraction of sp³-hybridized carbons (Fsp3) is 0.240. The lowest BCUT2D eigenvalue weighted by atomic mass is 10.1. The zero-order valence-electron chi connectivity index (χ0n) is 19.7. The van der Waals surface area contributed by atoms with Gasteiger partial charge in [-0.1, -0.05) is 12.0 Å². The van der Waals surface area contributed by atoms with Gasteiger partial charge in [-0.2, -0.15) is 13.2 Å². The van der Waals surface area contributed by atoms with E-state index in [2.05, 4.69) is 11.2 Å². The zero-order valence-corrected chi connectivity index (χ0v) is 20.5. The highest BCUT2D eigenvalue weighted by Crippen LogP contribution is 2.36. The largest absolute Gasteiger partial charge is 0.495 e. The Balaban J connectivity index is 1.76. The van der Waals surface area contributed by atoms with Crippen LogP contribution >= 0.6 is 11.8 Å². The predicted molar refractivity (Wildman–Crippen MR) is 131 cm³/mol. The molecular formula is C25H21F3N2O6S. The van der Waals surface area contributed by atoms with Crippen LogP contribution in [0, 0.1) is 12.3 Å². The van der Waals surface area contributed by atoms with E-state index >= 15 is 0 Å². The van der Waals surface area contributed by atoms with Crippen LogP contribution in [0.15, 0.2) is 41.3 Å². The Morgan fingerprint density at radius 1 is 1.14 bits per heavy atom. The number of benzene rings is 2. The van der Waals surface area contributed by atoms with E-state index < -0.39 is 35.3 Å². The Morgan fingerprint density at radius 3 is 2.51 bits per heavy atom. The van der Waals surface area contributed by atoms with E-state index in [0.29, 0.717) is 46.4 Å². The molecule has 2 aromatic carbocycles. The van der Waals surface area contributed by atoms with Crippen LogP contribution in [0.25, 0.3) is 6.08 Å². The molecule has 0 atom stereocenters. The highest BCUT2D eigenvalue weighted by Gasteiger charge is 2.37. The van der Waals surface area contributed by atoms with E-state index in [-0.39, 0.29) is 22.9 Å². The number of nitrogens with one attached hydrogen (secondary N) is 1. The first kappa shape index (κ1) is 27.5. The quantitative estimate of drug-likeness (QED) is 0.365. The number of imide groups is 1. The summed E-state index contributed by atoms with van der Waals surface area (Å²) in [5.41, 5.74) is -0.722. The van der Waals surface area contributed by atoms with Crippen molar-refractivity contribution in [3.63, 3.8) is 0 Å². The van der Waals surface area contributed by atoms with Crippen molar-refractivity contribution < 1.29 is 41.8 Å². The minimum Gasteiger partial charge on any atom is -0.495 e. The fourth-order valence-electron chi connectivity index (χ4n) is 3.22. The first-order valence-corrected chi connectivity index (χ1v) is 11.5. The number of anilines is 1. The average Bonchev–Trinajstić information content (AvgIpc) is 3.10. The third-order valence-electron chi connectivity index (χ3n) is 4.85. The number of thioether (sulfide) groups is 1. The van der Waals surface area contributed by atoms with Crippen molar-refractivity contribution in [3.8, 4) is 29.6 Å². The summed E-state index contributed by atoms with van der Waals surface area (Å²) in [5.74, 6) is 1.52. The minimum atomic E-state index is -4.64. The van der Waals surface area contributed by atoms with Crippen molar-refractivity contribution in [2.75, 3.05) is 32.2 Å². The van der Waals surface area contributed by atoms with Gasteiger partial charge in [0.15, 0.2) is 11.5 Å². The van der Waals surface area contributed by atoms with Crippen LogP contribution in [0.5, 0.6) is 17.2 Å². The average molecular weight is 535 g/mol. The number of amides is 3. The number of ether oxygens (including phenoxy) is 3. The van der Waals surface area contributed by atoms with Crippen LogP contribution in [0.1, 0.15) is 18.1 Å². The van der Waals surface area contributed by atoms with Crippen LogP contribution < -0.4 is 19.5 Å². The lowest BCUT2D eigenvalue weighted by Gasteiger charge is -2.16. The Hall–Kier alpha value is -4.11. The number of alkyl halides is 3. The SMILES string of the molecule is C#CCOc1ccc(/C=C2\SC(=O)N(CC(=O)Nc3cc(C(F)(F)F)ccc3OC)C2=O)cc1OCC. The maximum absolute atomic E-state index is 13.1. The summed E-state index contributed by atoms with van der Waals surface area (Å²) >= 11 is 0.622. The molecule has 12 heteroatoms. The number of terminal acetylenes is 1. The molecule has 3 amide bonds. The summed E-state index contributed by atoms with van der Waals surface area (Å²) < 4.78 is 55.1. The maximum Gasteiger partial charge on any atom is 0.416 e. The van der Waals surface area contributed by atoms with E-state index in [9.17, 15) is 27.6 Å². The molecule has 194 valence electrons. The summed E-state index contributed by atoms with van der Waals surface area (Å²) in [6.45, 7) is 1.46. The standard InChI is InChI=1S/C25H21F3N2O6S/c1-4-10-36-19-8-6-15(11-20(19)35-5-2)12-21-23(32)30(24(33)37-21)14-22(31)29-17-13-16(25(26,27)28)7-9-18(17)34-3/h1,6-9,11-13H,5,10,14H2,2-3H3,(H,29,31)/b21-12-. The number of hydrogen-bond donors (Lipinski definition) is 1. The monoisotopic (exact) mass is 534 g/mol. The van der Waals surface area contributed by atoms with Gasteiger partial charge in [0.2, 0.25) is 5.91 Å². The third kappa shape index (κ3) is 6.77. The van der Waals surface area contributed by atoms with Gasteiger partial charge in [0.25, 0.3) is 11.1 Å². The molecule has 2 aromatic rings. The number of nitrogens with zero attached hydrogens (tertiary/aromatic N) is 1. The second kappa shape index (κ2) is 11.7. The number of hydrogen-bond acceptors (Lipinski definition) is 7. The van der Waals surface area contributed by atoms with Gasteiger partial charge in [-0.3, -0.25) is 19.3 Å². The molecule has 0 unspecified atom stereocenters. The van der Waals surface area contributed by atoms with E-state index in [4.69, 9.17) is 20.6 Å². The summed E-state index contributed by atoms with van der Waals surface area (Å²) in [6, 6.07) is 7.41. The van der Waals surface area contributed by atoms with Crippen molar-refractivity contribution in [1.29, 1.82) is 0 Å². The Kier molecular flexibility index (Phi) is 8.73. The molecule has 1 N–H and O–H groups in total. The van der Waals surface area contributed by atoms with Crippen LogP contribution in [-0.2, 0) is 15.8 Å². The number of methoxy groups -OCH3 is 1. The molecule has 1 fully saturated rings. The number of halogens is 3. The van der Waals surface area contributed by atoms with E-state index in [1.807, 2.05) is 0 Å². The van der Waals surface area contributed by atoms with Crippen LogP contribution in [0.2, 0.25) is 0 Å². The second-order valence-electron chi connectivity index (χ2n) is 7.36. The number of carbonyl (C=O) groups excluding carboxylic acids is 3. The predicted octanol–water partition coefficient (Wildman–Crippen LogP) is 4.80. The van der Waals surface area contributed by atoms with E-state index in [1.165, 1.54) is 13.2 Å². The van der Waals surface area contributed by atoms with Gasteiger partial charge in [-0.15, -0.1) is 6.42 Å². The first-order valence-electron chi connectivity index (χ1n) is 10.7. The normalized spacial score (nSPS) is 14.5. The Morgan fingerprint density at radius 2 is 1.86 bits per heavy atom. The van der Waals surface area contributed by atoms with E-state index in [1.54, 1.807) is 25.1 Å². The van der Waals surface area contributed by atoms with Crippen molar-refractivity contribution in [2.45, 2.75) is 13.1 Å². The molecule has 1 aliphatic heterocycles. The number of rotatable bonds is 9. The highest BCUT2D eigenvalue weighted by molar-refractivity contribution is 8.18. The molecule has 0 saturated carbocycles. The van der Waals surface area contributed by atoms with Gasteiger partial charge in [-0.05, 0) is 60.7 Å². The van der Waals surface area contributed by atoms with Crippen molar-refractivity contribution >= 4 is 40.6 Å². The lowest BCUT2D eigenvalue weighted by molar-refractivity contribution is -0.137. The van der Waals surface area contributed by atoms with Crippen LogP contribution in [-0.4, -0.2) is 48.8 Å². The van der Waals surface area contributed by atoms with Crippen molar-refractivity contribution in [2.24, 2.45) is 0 Å². The van der Waals surface area contributed by atoms with Crippen LogP contribution in [0.4, 0.5) is 23.7 Å². The lowest BCUT2D eigenvalue weighted by Crippen LogP contribution is -2.36. The zero-order chi connectivity index (χ0) is 27.2. The molecule has 1 saturated heterocycles. The van der Waals surface area contributed by atoms with Crippen molar-refractivity contribution in [3.05, 3.63) is 52.4 Å². The van der Waals surface area contributed by atoms with Gasteiger partial charge < -0.3 is 19.5 Å². The second-order valence-corrected chi connectivity index (χ2v) is 8.35. The Bertz CT molecular complexity index is 1290. The number of carbonyl (C=O) groups is 3. The third-order valence-corrected chi connectivity index (χ3v) is 5.76. The summed E-state index contributed by atoms with van der Waals surface area (Å²) in [5, 5.41) is 1.56. The smallest absolute Gasteiger partial charge is 0.416 e. The molecule has 1 heterocycles. The van der Waals surface area contributed by atoms with Gasteiger partial charge in [-0.25, -0.2) is 0 Å². The fourth-order valence-corrected chi connectivity index (χ4v) is 4.06. The minimum absolute atomic E-state index is 0.0184. The molecule has 0 spiro atoms. The van der Waals surface area contributed by atoms with Gasteiger partial charge in [0.05, 0.1) is 29.9 Å². The summed E-state index contributed by atoms with van der Waals surface area (Å²) in [4.78, 5) is 38.5. The molecule has 0 aliphatic carbocycles. The molecule has 0 aromatic heterocycles. The van der Waals surface area contributed by atoms with Gasteiger partial charge in [0.1, 0.15) is 18.9 Å². The maximum atomic E-state index is 13.1. The molecule has 3 rings (SSSR count). The molecule has 8 nitrogen and oxygen atoms in total. The first-order chi connectivity index (χ1) is 17.6. The summed E-state index contributed by atoms with van der Waals surface area (Å²) in [7, 11) is 1.23. The topological polar surface area (TPSA) is 94.2 Å². The van der Waals surface area contributed by atoms with Gasteiger partial charge in [0, 0.05) is 0 Å². The Labute approximate surface area is 214 Å². The summed E-state index contributed by atoms with van der Waals surface area (Å²) in [6.07, 6.45) is 2.02. The molecule has 1 aliphatic rings.